The molecule has 4 rings (SSSR count). The van der Waals surface area contributed by atoms with Crippen molar-refractivity contribution in [3.8, 4) is 5.69 Å². The molecular weight excluding hydrogens is 334 g/mol. The molecule has 2 aliphatic rings. The van der Waals surface area contributed by atoms with E-state index >= 15 is 0 Å². The molecule has 2 fully saturated rings. The van der Waals surface area contributed by atoms with Gasteiger partial charge in [-0.15, -0.1) is 0 Å². The van der Waals surface area contributed by atoms with Gasteiger partial charge in [-0.05, 0) is 64.3 Å². The van der Waals surface area contributed by atoms with E-state index in [1.165, 1.54) is 44.5 Å². The van der Waals surface area contributed by atoms with E-state index in [0.717, 1.165) is 42.1 Å². The predicted molar refractivity (Wildman–Crippen MR) is 97.4 cm³/mol. The van der Waals surface area contributed by atoms with Gasteiger partial charge < -0.3 is 10.2 Å². The van der Waals surface area contributed by atoms with Crippen molar-refractivity contribution in [2.45, 2.75) is 45.7 Å². The highest BCUT2D eigenvalue weighted by Gasteiger charge is 2.34. The van der Waals surface area contributed by atoms with Crippen molar-refractivity contribution in [1.82, 2.24) is 20.0 Å². The van der Waals surface area contributed by atoms with Gasteiger partial charge in [0.05, 0.1) is 5.69 Å². The van der Waals surface area contributed by atoms with Gasteiger partial charge >= 0.3 is 0 Å². The fourth-order valence-corrected chi connectivity index (χ4v) is 4.02. The summed E-state index contributed by atoms with van der Waals surface area (Å²) in [6.45, 7) is 8.03. The van der Waals surface area contributed by atoms with E-state index in [0.29, 0.717) is 5.92 Å². The van der Waals surface area contributed by atoms with Crippen molar-refractivity contribution in [1.29, 1.82) is 0 Å². The second-order valence-electron chi connectivity index (χ2n) is 7.67. The van der Waals surface area contributed by atoms with Gasteiger partial charge in [0.25, 0.3) is 0 Å². The summed E-state index contributed by atoms with van der Waals surface area (Å²) >= 11 is 0. The summed E-state index contributed by atoms with van der Waals surface area (Å²) < 4.78 is 28.8. The Bertz CT molecular complexity index is 797. The third kappa shape index (κ3) is 3.53. The van der Waals surface area contributed by atoms with Crippen molar-refractivity contribution >= 4 is 0 Å². The largest absolute Gasteiger partial charge is 0.312 e. The molecule has 1 aliphatic heterocycles. The van der Waals surface area contributed by atoms with E-state index in [-0.39, 0.29) is 5.69 Å². The molecule has 1 atom stereocenters. The summed E-state index contributed by atoms with van der Waals surface area (Å²) in [7, 11) is 0. The zero-order chi connectivity index (χ0) is 18.3. The number of hydrogen-bond donors (Lipinski definition) is 1. The van der Waals surface area contributed by atoms with E-state index in [1.54, 1.807) is 4.68 Å². The molecule has 1 aromatic heterocycles. The minimum atomic E-state index is -0.596. The fourth-order valence-electron chi connectivity index (χ4n) is 4.02. The lowest BCUT2D eigenvalue weighted by atomic mass is 10.1. The highest BCUT2D eigenvalue weighted by molar-refractivity contribution is 5.38. The van der Waals surface area contributed by atoms with Crippen LogP contribution in [0.15, 0.2) is 18.2 Å². The Kier molecular flexibility index (Phi) is 4.80. The Labute approximate surface area is 153 Å². The average Bonchev–Trinajstić information content (AvgIpc) is 3.28. The first-order valence-corrected chi connectivity index (χ1v) is 9.48. The molecule has 6 heteroatoms. The molecule has 1 aliphatic carbocycles. The SMILES string of the molecule is Cc1nn(-c2ccc(F)cc2F)c(C)c1CNC[C@H]1CCN(C2CC2)C1. The summed E-state index contributed by atoms with van der Waals surface area (Å²) in [6.07, 6.45) is 4.01. The van der Waals surface area contributed by atoms with Crippen LogP contribution < -0.4 is 5.32 Å². The number of halogens is 2. The van der Waals surface area contributed by atoms with Gasteiger partial charge in [-0.2, -0.15) is 5.10 Å². The molecule has 0 bridgehead atoms. The number of hydrogen-bond acceptors (Lipinski definition) is 3. The molecular formula is C20H26F2N4. The average molecular weight is 360 g/mol. The van der Waals surface area contributed by atoms with E-state index in [1.807, 2.05) is 13.8 Å². The number of nitrogens with one attached hydrogen (secondary N) is 1. The highest BCUT2D eigenvalue weighted by atomic mass is 19.1. The summed E-state index contributed by atoms with van der Waals surface area (Å²) in [5.41, 5.74) is 3.15. The van der Waals surface area contributed by atoms with Crippen LogP contribution in [0, 0.1) is 31.4 Å². The summed E-state index contributed by atoms with van der Waals surface area (Å²) in [6, 6.07) is 4.45. The maximum absolute atomic E-state index is 14.1. The van der Waals surface area contributed by atoms with Crippen molar-refractivity contribution in [2.24, 2.45) is 5.92 Å². The van der Waals surface area contributed by atoms with Crippen molar-refractivity contribution < 1.29 is 8.78 Å². The lowest BCUT2D eigenvalue weighted by Crippen LogP contribution is -2.27. The first-order chi connectivity index (χ1) is 12.5. The van der Waals surface area contributed by atoms with Gasteiger partial charge in [-0.25, -0.2) is 13.5 Å². The van der Waals surface area contributed by atoms with E-state index in [9.17, 15) is 8.78 Å². The fraction of sp³-hybridized carbons (Fsp3) is 0.550. The Balaban J connectivity index is 1.40. The van der Waals surface area contributed by atoms with Crippen molar-refractivity contribution in [3.05, 3.63) is 46.8 Å². The van der Waals surface area contributed by atoms with Crippen LogP contribution in [-0.4, -0.2) is 40.4 Å². The molecule has 1 saturated carbocycles. The number of nitrogens with zero attached hydrogens (tertiary/aromatic N) is 3. The van der Waals surface area contributed by atoms with Gasteiger partial charge in [0.1, 0.15) is 11.5 Å². The van der Waals surface area contributed by atoms with Crippen LogP contribution in [0.1, 0.15) is 36.2 Å². The molecule has 4 nitrogen and oxygen atoms in total. The second kappa shape index (κ2) is 7.08. The number of aromatic nitrogens is 2. The van der Waals surface area contributed by atoms with Crippen LogP contribution in [0.5, 0.6) is 0 Å². The van der Waals surface area contributed by atoms with Crippen LogP contribution >= 0.6 is 0 Å². The maximum Gasteiger partial charge on any atom is 0.151 e. The van der Waals surface area contributed by atoms with Crippen LogP contribution in [-0.2, 0) is 6.54 Å². The van der Waals surface area contributed by atoms with Crippen LogP contribution in [0.3, 0.4) is 0 Å². The topological polar surface area (TPSA) is 33.1 Å². The highest BCUT2D eigenvalue weighted by Crippen LogP contribution is 2.31. The standard InChI is InChI=1S/C20H26F2N4/c1-13-18(11-23-10-15-7-8-25(12-15)17-4-5-17)14(2)26(24-13)20-6-3-16(21)9-19(20)22/h3,6,9,15,17,23H,4-5,7-8,10-12H2,1-2H3/t15-/m1/s1. The zero-order valence-electron chi connectivity index (χ0n) is 15.4. The molecule has 1 saturated heterocycles. The Hall–Kier alpha value is -1.79. The maximum atomic E-state index is 14.1. The van der Waals surface area contributed by atoms with Crippen LogP contribution in [0.2, 0.25) is 0 Å². The Morgan fingerprint density at radius 1 is 1.19 bits per heavy atom. The zero-order valence-corrected chi connectivity index (χ0v) is 15.4. The molecule has 26 heavy (non-hydrogen) atoms. The molecule has 0 spiro atoms. The molecule has 2 aromatic rings. The van der Waals surface area contributed by atoms with Gasteiger partial charge in [0.15, 0.2) is 5.82 Å². The van der Waals surface area contributed by atoms with Gasteiger partial charge in [-0.3, -0.25) is 0 Å². The van der Waals surface area contributed by atoms with E-state index in [4.69, 9.17) is 0 Å². The van der Waals surface area contributed by atoms with E-state index in [2.05, 4.69) is 15.3 Å². The number of likely N-dealkylation sites (tertiary alicyclic amines) is 1. The number of benzene rings is 1. The molecule has 1 aromatic carbocycles. The monoisotopic (exact) mass is 360 g/mol. The Morgan fingerprint density at radius 3 is 2.73 bits per heavy atom. The Morgan fingerprint density at radius 2 is 2.00 bits per heavy atom. The minimum absolute atomic E-state index is 0.286. The summed E-state index contributed by atoms with van der Waals surface area (Å²) in [4.78, 5) is 2.62. The molecule has 0 amide bonds. The quantitative estimate of drug-likeness (QED) is 0.858. The van der Waals surface area contributed by atoms with Crippen LogP contribution in [0.25, 0.3) is 5.69 Å². The first kappa shape index (κ1) is 17.6. The third-order valence-corrected chi connectivity index (χ3v) is 5.69. The molecule has 0 radical (unpaired) electrons. The lowest BCUT2D eigenvalue weighted by Gasteiger charge is -2.15. The molecule has 140 valence electrons. The number of rotatable bonds is 6. The molecule has 2 heterocycles. The number of aryl methyl sites for hydroxylation is 1. The van der Waals surface area contributed by atoms with Gasteiger partial charge in [0, 0.05) is 36.5 Å². The summed E-state index contributed by atoms with van der Waals surface area (Å²) in [5, 5.41) is 8.03. The lowest BCUT2D eigenvalue weighted by molar-refractivity contribution is 0.312. The first-order valence-electron chi connectivity index (χ1n) is 9.48. The summed E-state index contributed by atoms with van der Waals surface area (Å²) in [5.74, 6) is -0.464. The second-order valence-corrected chi connectivity index (χ2v) is 7.67. The van der Waals surface area contributed by atoms with Crippen molar-refractivity contribution in [3.63, 3.8) is 0 Å². The van der Waals surface area contributed by atoms with Crippen LogP contribution in [0.4, 0.5) is 8.78 Å². The molecule has 0 unspecified atom stereocenters. The predicted octanol–water partition coefficient (Wildman–Crippen LogP) is 3.34. The third-order valence-electron chi connectivity index (χ3n) is 5.69. The van der Waals surface area contributed by atoms with Crippen molar-refractivity contribution in [2.75, 3.05) is 19.6 Å². The molecule has 1 N–H and O–H groups in total. The van der Waals surface area contributed by atoms with Gasteiger partial charge in [-0.1, -0.05) is 0 Å². The van der Waals surface area contributed by atoms with Gasteiger partial charge in [0.2, 0.25) is 0 Å². The normalized spacial score (nSPS) is 20.8. The van der Waals surface area contributed by atoms with E-state index < -0.39 is 11.6 Å². The smallest absolute Gasteiger partial charge is 0.151 e. The minimum Gasteiger partial charge on any atom is -0.312 e.